The number of methoxy groups -OCH3 is 1. The first-order valence-corrected chi connectivity index (χ1v) is 10.1. The van der Waals surface area contributed by atoms with Gasteiger partial charge in [0.1, 0.15) is 11.6 Å². The molecule has 3 aromatic carbocycles. The summed E-state index contributed by atoms with van der Waals surface area (Å²) in [4.78, 5) is 8.73. The van der Waals surface area contributed by atoms with E-state index >= 15 is 4.39 Å². The number of halogens is 3. The molecule has 0 aliphatic carbocycles. The molecule has 0 atom stereocenters. The number of benzene rings is 3. The average molecular weight is 438 g/mol. The van der Waals surface area contributed by atoms with Crippen molar-refractivity contribution < 1.29 is 22.6 Å². The Labute approximate surface area is 183 Å². The van der Waals surface area contributed by atoms with Gasteiger partial charge in [0.25, 0.3) is 0 Å². The lowest BCUT2D eigenvalue weighted by Crippen LogP contribution is -2.02. The summed E-state index contributed by atoms with van der Waals surface area (Å²) in [6.45, 7) is -2.41. The second kappa shape index (κ2) is 9.78. The van der Waals surface area contributed by atoms with E-state index in [1.807, 2.05) is 18.2 Å². The van der Waals surface area contributed by atoms with Gasteiger partial charge < -0.3 is 9.47 Å². The van der Waals surface area contributed by atoms with Gasteiger partial charge in [-0.2, -0.15) is 8.78 Å². The molecule has 0 aliphatic rings. The molecule has 164 valence electrons. The third-order valence-corrected chi connectivity index (χ3v) is 5.14. The van der Waals surface area contributed by atoms with Crippen LogP contribution in [0.1, 0.15) is 16.7 Å². The Balaban J connectivity index is 1.49. The van der Waals surface area contributed by atoms with Crippen molar-refractivity contribution in [3.8, 4) is 17.1 Å². The highest BCUT2D eigenvalue weighted by Crippen LogP contribution is 2.27. The molecule has 1 heterocycles. The number of aryl methyl sites for hydroxylation is 2. The molecule has 1 aromatic heterocycles. The van der Waals surface area contributed by atoms with Crippen LogP contribution in [0.3, 0.4) is 0 Å². The van der Waals surface area contributed by atoms with Crippen LogP contribution in [-0.2, 0) is 24.2 Å². The number of hydrogen-bond acceptors (Lipinski definition) is 4. The van der Waals surface area contributed by atoms with Crippen LogP contribution in [0.4, 0.5) is 13.2 Å². The molecule has 4 aromatic rings. The fourth-order valence-electron chi connectivity index (χ4n) is 3.53. The summed E-state index contributed by atoms with van der Waals surface area (Å²) in [5.41, 5.74) is 3.19. The first kappa shape index (κ1) is 21.8. The molecule has 0 amide bonds. The van der Waals surface area contributed by atoms with E-state index in [0.717, 1.165) is 22.1 Å². The standard InChI is InChI=1S/C25H21F3N2O2/c1-31-15-17-13-29-24(30-14-17)20-8-11-22-19(12-20)7-6-18(23(22)26)5-2-16-3-9-21(10-4-16)32-25(27)28/h3-4,6-14,25H,2,5,15H2,1H3. The van der Waals surface area contributed by atoms with Gasteiger partial charge >= 0.3 is 6.61 Å². The lowest BCUT2D eigenvalue weighted by atomic mass is 9.99. The van der Waals surface area contributed by atoms with Crippen LogP contribution in [0.25, 0.3) is 22.2 Å². The summed E-state index contributed by atoms with van der Waals surface area (Å²) in [6, 6.07) is 15.5. The Morgan fingerprint density at radius 2 is 1.62 bits per heavy atom. The molecule has 0 radical (unpaired) electrons. The predicted molar refractivity (Wildman–Crippen MR) is 116 cm³/mol. The number of fused-ring (bicyclic) bond motifs is 1. The van der Waals surface area contributed by atoms with E-state index in [2.05, 4.69) is 14.7 Å². The molecule has 0 aliphatic heterocycles. The fraction of sp³-hybridized carbons (Fsp3) is 0.200. The molecular weight excluding hydrogens is 417 g/mol. The Morgan fingerprint density at radius 3 is 2.31 bits per heavy atom. The number of rotatable bonds is 8. The lowest BCUT2D eigenvalue weighted by Gasteiger charge is -2.09. The summed E-state index contributed by atoms with van der Waals surface area (Å²) in [5, 5.41) is 1.30. The molecule has 7 heteroatoms. The summed E-state index contributed by atoms with van der Waals surface area (Å²) in [5.74, 6) is 0.410. The van der Waals surface area contributed by atoms with Gasteiger partial charge in [0.2, 0.25) is 0 Å². The Kier molecular flexibility index (Phi) is 6.66. The first-order valence-electron chi connectivity index (χ1n) is 10.1. The van der Waals surface area contributed by atoms with E-state index < -0.39 is 6.61 Å². The zero-order valence-electron chi connectivity index (χ0n) is 17.4. The predicted octanol–water partition coefficient (Wildman–Crippen LogP) is 5.97. The molecule has 0 saturated carbocycles. The van der Waals surface area contributed by atoms with Gasteiger partial charge in [-0.25, -0.2) is 14.4 Å². The Bertz CT molecular complexity index is 1200. The first-order chi connectivity index (χ1) is 15.5. The summed E-state index contributed by atoms with van der Waals surface area (Å²) in [7, 11) is 1.61. The highest BCUT2D eigenvalue weighted by Gasteiger charge is 2.11. The molecule has 0 bridgehead atoms. The molecule has 4 nitrogen and oxygen atoms in total. The summed E-state index contributed by atoms with van der Waals surface area (Å²) >= 11 is 0. The second-order valence-electron chi connectivity index (χ2n) is 7.34. The average Bonchev–Trinajstić information content (AvgIpc) is 2.80. The molecule has 0 fully saturated rings. The third-order valence-electron chi connectivity index (χ3n) is 5.14. The molecule has 32 heavy (non-hydrogen) atoms. The number of hydrogen-bond donors (Lipinski definition) is 0. The van der Waals surface area contributed by atoms with Crippen molar-refractivity contribution in [2.45, 2.75) is 26.1 Å². The van der Waals surface area contributed by atoms with Crippen molar-refractivity contribution in [1.29, 1.82) is 0 Å². The van der Waals surface area contributed by atoms with Crippen molar-refractivity contribution in [3.05, 3.63) is 89.5 Å². The second-order valence-corrected chi connectivity index (χ2v) is 7.34. The zero-order chi connectivity index (χ0) is 22.5. The van der Waals surface area contributed by atoms with Crippen molar-refractivity contribution in [3.63, 3.8) is 0 Å². The fourth-order valence-corrected chi connectivity index (χ4v) is 3.53. The maximum absolute atomic E-state index is 15.1. The molecule has 0 saturated heterocycles. The largest absolute Gasteiger partial charge is 0.435 e. The minimum atomic E-state index is -2.85. The monoisotopic (exact) mass is 438 g/mol. The van der Waals surface area contributed by atoms with Crippen LogP contribution in [0.15, 0.2) is 67.0 Å². The van der Waals surface area contributed by atoms with Crippen LogP contribution in [0.2, 0.25) is 0 Å². The van der Waals surface area contributed by atoms with Gasteiger partial charge in [-0.05, 0) is 47.6 Å². The Hall–Kier alpha value is -3.45. The van der Waals surface area contributed by atoms with E-state index in [1.54, 1.807) is 43.8 Å². The lowest BCUT2D eigenvalue weighted by molar-refractivity contribution is -0.0498. The number of aromatic nitrogens is 2. The van der Waals surface area contributed by atoms with Gasteiger partial charge in [0.15, 0.2) is 5.82 Å². The van der Waals surface area contributed by atoms with E-state index in [-0.39, 0.29) is 11.6 Å². The third kappa shape index (κ3) is 5.06. The van der Waals surface area contributed by atoms with Crippen LogP contribution < -0.4 is 4.74 Å². The summed E-state index contributed by atoms with van der Waals surface area (Å²) in [6.07, 6.45) is 4.50. The van der Waals surface area contributed by atoms with Crippen molar-refractivity contribution >= 4 is 10.8 Å². The van der Waals surface area contributed by atoms with E-state index in [0.29, 0.717) is 36.2 Å². The molecule has 0 spiro atoms. The van der Waals surface area contributed by atoms with Crippen LogP contribution >= 0.6 is 0 Å². The van der Waals surface area contributed by atoms with E-state index in [4.69, 9.17) is 4.74 Å². The quantitative estimate of drug-likeness (QED) is 0.340. The van der Waals surface area contributed by atoms with Crippen LogP contribution in [0, 0.1) is 5.82 Å². The van der Waals surface area contributed by atoms with Crippen LogP contribution in [-0.4, -0.2) is 23.7 Å². The maximum Gasteiger partial charge on any atom is 0.387 e. The number of alkyl halides is 2. The maximum atomic E-state index is 15.1. The molecule has 4 rings (SSSR count). The van der Waals surface area contributed by atoms with Crippen molar-refractivity contribution in [1.82, 2.24) is 9.97 Å². The topological polar surface area (TPSA) is 44.2 Å². The SMILES string of the molecule is COCc1cnc(-c2ccc3c(F)c(CCc4ccc(OC(F)F)cc4)ccc3c2)nc1. The highest BCUT2D eigenvalue weighted by molar-refractivity contribution is 5.87. The van der Waals surface area contributed by atoms with Gasteiger partial charge in [-0.3, -0.25) is 0 Å². The van der Waals surface area contributed by atoms with Gasteiger partial charge in [-0.15, -0.1) is 0 Å². The van der Waals surface area contributed by atoms with E-state index in [9.17, 15) is 8.78 Å². The van der Waals surface area contributed by atoms with Crippen LogP contribution in [0.5, 0.6) is 5.75 Å². The van der Waals surface area contributed by atoms with E-state index in [1.165, 1.54) is 12.1 Å². The highest BCUT2D eigenvalue weighted by atomic mass is 19.3. The Morgan fingerprint density at radius 1 is 0.875 bits per heavy atom. The number of nitrogens with zero attached hydrogens (tertiary/aromatic N) is 2. The van der Waals surface area contributed by atoms with Gasteiger partial charge in [0.05, 0.1) is 6.61 Å². The van der Waals surface area contributed by atoms with Gasteiger partial charge in [-0.1, -0.05) is 36.4 Å². The smallest absolute Gasteiger partial charge is 0.387 e. The number of ether oxygens (including phenoxy) is 2. The minimum Gasteiger partial charge on any atom is -0.435 e. The molecular formula is C25H21F3N2O2. The summed E-state index contributed by atoms with van der Waals surface area (Å²) < 4.78 is 49.0. The molecule has 0 unspecified atom stereocenters. The van der Waals surface area contributed by atoms with Gasteiger partial charge in [0, 0.05) is 36.0 Å². The van der Waals surface area contributed by atoms with Crippen molar-refractivity contribution in [2.24, 2.45) is 0 Å². The minimum absolute atomic E-state index is 0.105. The molecule has 0 N–H and O–H groups in total. The van der Waals surface area contributed by atoms with Crippen molar-refractivity contribution in [2.75, 3.05) is 7.11 Å². The normalized spacial score (nSPS) is 11.3. The zero-order valence-corrected chi connectivity index (χ0v) is 17.4.